The Hall–Kier alpha value is -3.14. The number of carbonyl (C=O) groups excluding carboxylic acids is 2. The van der Waals surface area contributed by atoms with Crippen molar-refractivity contribution in [2.24, 2.45) is 0 Å². The molecule has 0 saturated carbocycles. The van der Waals surface area contributed by atoms with Crippen LogP contribution in [0.25, 0.3) is 10.8 Å². The van der Waals surface area contributed by atoms with Gasteiger partial charge in [0.25, 0.3) is 0 Å². The van der Waals surface area contributed by atoms with Crippen molar-refractivity contribution in [3.05, 3.63) is 72.3 Å². The lowest BCUT2D eigenvalue weighted by molar-refractivity contribution is -0.132. The molecule has 0 aromatic heterocycles. The molecule has 0 radical (unpaired) electrons. The number of hydrogen-bond donors (Lipinski definition) is 2. The summed E-state index contributed by atoms with van der Waals surface area (Å²) in [5.74, 6) is -1.37. The molecule has 4 heteroatoms. The van der Waals surface area contributed by atoms with E-state index in [1.165, 1.54) is 5.56 Å². The molecule has 26 heavy (non-hydrogen) atoms. The molecule has 0 atom stereocenters. The van der Waals surface area contributed by atoms with Crippen molar-refractivity contribution >= 4 is 34.0 Å². The number of aryl methyl sites for hydroxylation is 1. The highest BCUT2D eigenvalue weighted by Gasteiger charge is 2.15. The molecule has 0 aliphatic heterocycles. The van der Waals surface area contributed by atoms with Gasteiger partial charge in [-0.2, -0.15) is 0 Å². The molecule has 0 spiro atoms. The fourth-order valence-electron chi connectivity index (χ4n) is 2.84. The third kappa shape index (κ3) is 4.28. The molecule has 3 rings (SSSR count). The highest BCUT2D eigenvalue weighted by Crippen LogP contribution is 2.23. The van der Waals surface area contributed by atoms with E-state index in [9.17, 15) is 9.59 Å². The molecule has 0 unspecified atom stereocenters. The van der Waals surface area contributed by atoms with Crippen LogP contribution in [-0.4, -0.2) is 11.8 Å². The summed E-state index contributed by atoms with van der Waals surface area (Å²) in [6, 6.07) is 20.9. The maximum Gasteiger partial charge on any atom is 0.314 e. The molecule has 0 bridgehead atoms. The number of benzene rings is 3. The Morgan fingerprint density at radius 3 is 2.27 bits per heavy atom. The number of carbonyl (C=O) groups is 2. The zero-order valence-corrected chi connectivity index (χ0v) is 14.8. The predicted molar refractivity (Wildman–Crippen MR) is 106 cm³/mol. The first-order chi connectivity index (χ1) is 12.7. The molecule has 4 nitrogen and oxygen atoms in total. The molecular weight excluding hydrogens is 324 g/mol. The highest BCUT2D eigenvalue weighted by molar-refractivity contribution is 6.44. The van der Waals surface area contributed by atoms with E-state index in [2.05, 4.69) is 17.6 Å². The van der Waals surface area contributed by atoms with Gasteiger partial charge in [0, 0.05) is 16.8 Å². The SMILES string of the molecule is CCCCc1ccc(NC(=O)C(=O)Nc2cccc3ccccc23)cc1. The van der Waals surface area contributed by atoms with E-state index in [0.29, 0.717) is 11.4 Å². The van der Waals surface area contributed by atoms with Gasteiger partial charge in [-0.05, 0) is 42.0 Å². The second-order valence-electron chi connectivity index (χ2n) is 6.24. The lowest BCUT2D eigenvalue weighted by Gasteiger charge is -2.09. The van der Waals surface area contributed by atoms with E-state index in [1.807, 2.05) is 60.7 Å². The van der Waals surface area contributed by atoms with Crippen molar-refractivity contribution in [2.45, 2.75) is 26.2 Å². The Morgan fingerprint density at radius 1 is 0.808 bits per heavy atom. The van der Waals surface area contributed by atoms with Crippen LogP contribution in [0, 0.1) is 0 Å². The number of rotatable bonds is 5. The van der Waals surface area contributed by atoms with Gasteiger partial charge in [0.1, 0.15) is 0 Å². The monoisotopic (exact) mass is 346 g/mol. The second-order valence-corrected chi connectivity index (χ2v) is 6.24. The number of amides is 2. The van der Waals surface area contributed by atoms with Crippen LogP contribution in [0.2, 0.25) is 0 Å². The third-order valence-electron chi connectivity index (χ3n) is 4.27. The lowest BCUT2D eigenvalue weighted by atomic mass is 10.1. The van der Waals surface area contributed by atoms with Crippen molar-refractivity contribution in [1.29, 1.82) is 0 Å². The van der Waals surface area contributed by atoms with E-state index in [0.717, 1.165) is 30.0 Å². The summed E-state index contributed by atoms with van der Waals surface area (Å²) in [6.45, 7) is 2.16. The van der Waals surface area contributed by atoms with Crippen LogP contribution in [0.5, 0.6) is 0 Å². The molecule has 0 aliphatic carbocycles. The molecule has 3 aromatic carbocycles. The van der Waals surface area contributed by atoms with E-state index >= 15 is 0 Å². The Bertz CT molecular complexity index is 912. The van der Waals surface area contributed by atoms with Gasteiger partial charge < -0.3 is 10.6 Å². The molecule has 132 valence electrons. The van der Waals surface area contributed by atoms with E-state index in [4.69, 9.17) is 0 Å². The second kappa shape index (κ2) is 8.30. The average molecular weight is 346 g/mol. The van der Waals surface area contributed by atoms with E-state index < -0.39 is 11.8 Å². The maximum absolute atomic E-state index is 12.2. The Balaban J connectivity index is 1.65. The van der Waals surface area contributed by atoms with Gasteiger partial charge in [-0.3, -0.25) is 9.59 Å². The molecule has 0 heterocycles. The Labute approximate surface area is 153 Å². The molecular formula is C22H22N2O2. The maximum atomic E-state index is 12.2. The summed E-state index contributed by atoms with van der Waals surface area (Å²) in [7, 11) is 0. The standard InChI is InChI=1S/C22H22N2O2/c1-2-3-7-16-12-14-18(15-13-16)23-21(25)22(26)24-20-11-6-9-17-8-4-5-10-19(17)20/h4-6,8-15H,2-3,7H2,1H3,(H,23,25)(H,24,26). The lowest BCUT2D eigenvalue weighted by Crippen LogP contribution is -2.29. The summed E-state index contributed by atoms with van der Waals surface area (Å²) in [5.41, 5.74) is 2.46. The van der Waals surface area contributed by atoms with Gasteiger partial charge in [-0.25, -0.2) is 0 Å². The topological polar surface area (TPSA) is 58.2 Å². The van der Waals surface area contributed by atoms with Crippen LogP contribution in [0.3, 0.4) is 0 Å². The number of hydrogen-bond acceptors (Lipinski definition) is 2. The van der Waals surface area contributed by atoms with Gasteiger partial charge >= 0.3 is 11.8 Å². The molecule has 0 fully saturated rings. The van der Waals surface area contributed by atoms with Crippen molar-refractivity contribution < 1.29 is 9.59 Å². The third-order valence-corrected chi connectivity index (χ3v) is 4.27. The predicted octanol–water partition coefficient (Wildman–Crippen LogP) is 4.76. The largest absolute Gasteiger partial charge is 0.318 e. The van der Waals surface area contributed by atoms with Crippen LogP contribution in [0.1, 0.15) is 25.3 Å². The number of anilines is 2. The highest BCUT2D eigenvalue weighted by atomic mass is 16.2. The molecule has 2 amide bonds. The normalized spacial score (nSPS) is 10.5. The Kier molecular flexibility index (Phi) is 5.64. The van der Waals surface area contributed by atoms with Gasteiger partial charge in [0.2, 0.25) is 0 Å². The first kappa shape index (κ1) is 17.7. The summed E-state index contributed by atoms with van der Waals surface area (Å²) in [4.78, 5) is 24.4. The first-order valence-corrected chi connectivity index (χ1v) is 8.86. The molecule has 3 aromatic rings. The molecule has 2 N–H and O–H groups in total. The minimum atomic E-state index is -0.684. The first-order valence-electron chi connectivity index (χ1n) is 8.86. The number of unbranched alkanes of at least 4 members (excludes halogenated alkanes) is 1. The van der Waals surface area contributed by atoms with Gasteiger partial charge in [-0.1, -0.05) is 61.9 Å². The van der Waals surface area contributed by atoms with Crippen LogP contribution < -0.4 is 10.6 Å². The minimum absolute atomic E-state index is 0.614. The quantitative estimate of drug-likeness (QED) is 0.654. The van der Waals surface area contributed by atoms with Crippen LogP contribution in [-0.2, 0) is 16.0 Å². The molecule has 0 saturated heterocycles. The van der Waals surface area contributed by atoms with Crippen LogP contribution in [0.4, 0.5) is 11.4 Å². The van der Waals surface area contributed by atoms with Gasteiger partial charge in [-0.15, -0.1) is 0 Å². The Morgan fingerprint density at radius 2 is 1.50 bits per heavy atom. The summed E-state index contributed by atoms with van der Waals surface area (Å²) < 4.78 is 0. The van der Waals surface area contributed by atoms with Crippen molar-refractivity contribution in [2.75, 3.05) is 10.6 Å². The zero-order chi connectivity index (χ0) is 18.4. The molecule has 0 aliphatic rings. The summed E-state index contributed by atoms with van der Waals surface area (Å²) in [5, 5.41) is 7.24. The summed E-state index contributed by atoms with van der Waals surface area (Å²) >= 11 is 0. The van der Waals surface area contributed by atoms with Crippen molar-refractivity contribution in [1.82, 2.24) is 0 Å². The zero-order valence-electron chi connectivity index (χ0n) is 14.8. The fourth-order valence-corrected chi connectivity index (χ4v) is 2.84. The van der Waals surface area contributed by atoms with Crippen LogP contribution >= 0.6 is 0 Å². The average Bonchev–Trinajstić information content (AvgIpc) is 2.67. The van der Waals surface area contributed by atoms with Gasteiger partial charge in [0.15, 0.2) is 0 Å². The number of nitrogens with one attached hydrogen (secondary N) is 2. The van der Waals surface area contributed by atoms with Crippen molar-refractivity contribution in [3.63, 3.8) is 0 Å². The smallest absolute Gasteiger partial charge is 0.314 e. The van der Waals surface area contributed by atoms with Gasteiger partial charge in [0.05, 0.1) is 0 Å². The minimum Gasteiger partial charge on any atom is -0.318 e. The van der Waals surface area contributed by atoms with Crippen molar-refractivity contribution in [3.8, 4) is 0 Å². The van der Waals surface area contributed by atoms with Crippen LogP contribution in [0.15, 0.2) is 66.7 Å². The summed E-state index contributed by atoms with van der Waals surface area (Å²) in [6.07, 6.45) is 3.30. The van der Waals surface area contributed by atoms with E-state index in [1.54, 1.807) is 6.07 Å². The fraction of sp³-hybridized carbons (Fsp3) is 0.182. The van der Waals surface area contributed by atoms with E-state index in [-0.39, 0.29) is 0 Å². The number of fused-ring (bicyclic) bond motifs is 1.